The van der Waals surface area contributed by atoms with Gasteiger partial charge in [0, 0.05) is 15.1 Å². The van der Waals surface area contributed by atoms with E-state index in [4.69, 9.17) is 11.6 Å². The fourth-order valence-corrected chi connectivity index (χ4v) is 2.47. The standard InChI is InChI=1S/C15H9BrClNO/c16-14-7-2-1-6-12(14)15(19)13(9-18)10-4-3-5-11(17)8-10/h1-8,13H. The molecule has 0 fully saturated rings. The Hall–Kier alpha value is -1.63. The normalized spacial score (nSPS) is 11.6. The molecule has 0 aliphatic rings. The van der Waals surface area contributed by atoms with Crippen LogP contribution in [-0.2, 0) is 0 Å². The molecule has 0 N–H and O–H groups in total. The van der Waals surface area contributed by atoms with Crippen molar-refractivity contribution >= 4 is 33.3 Å². The molecule has 0 radical (unpaired) electrons. The monoisotopic (exact) mass is 333 g/mol. The zero-order valence-corrected chi connectivity index (χ0v) is 12.1. The van der Waals surface area contributed by atoms with Gasteiger partial charge in [0.25, 0.3) is 0 Å². The Labute approximate surface area is 124 Å². The Morgan fingerprint density at radius 3 is 2.58 bits per heavy atom. The number of carbonyl (C=O) groups excluding carboxylic acids is 1. The minimum Gasteiger partial charge on any atom is -0.292 e. The zero-order valence-electron chi connectivity index (χ0n) is 9.81. The van der Waals surface area contributed by atoms with Crippen LogP contribution in [0.25, 0.3) is 0 Å². The lowest BCUT2D eigenvalue weighted by atomic mass is 9.92. The number of ketones is 1. The predicted molar refractivity (Wildman–Crippen MR) is 78.3 cm³/mol. The van der Waals surface area contributed by atoms with E-state index in [0.29, 0.717) is 20.6 Å². The quantitative estimate of drug-likeness (QED) is 0.770. The number of nitriles is 1. The highest BCUT2D eigenvalue weighted by Crippen LogP contribution is 2.26. The van der Waals surface area contributed by atoms with Gasteiger partial charge in [-0.2, -0.15) is 5.26 Å². The summed E-state index contributed by atoms with van der Waals surface area (Å²) >= 11 is 9.22. The van der Waals surface area contributed by atoms with Gasteiger partial charge in [-0.25, -0.2) is 0 Å². The Bertz CT molecular complexity index is 663. The molecule has 0 bridgehead atoms. The van der Waals surface area contributed by atoms with Crippen molar-refractivity contribution in [3.8, 4) is 6.07 Å². The molecule has 0 amide bonds. The highest BCUT2D eigenvalue weighted by Gasteiger charge is 2.23. The first kappa shape index (κ1) is 13.8. The summed E-state index contributed by atoms with van der Waals surface area (Å²) < 4.78 is 0.683. The van der Waals surface area contributed by atoms with Crippen LogP contribution >= 0.6 is 27.5 Å². The third-order valence-electron chi connectivity index (χ3n) is 2.71. The van der Waals surface area contributed by atoms with Crippen LogP contribution in [0.15, 0.2) is 53.0 Å². The van der Waals surface area contributed by atoms with Gasteiger partial charge < -0.3 is 0 Å². The Kier molecular flexibility index (Phi) is 4.36. The third kappa shape index (κ3) is 3.04. The molecule has 2 aromatic rings. The molecule has 94 valence electrons. The maximum Gasteiger partial charge on any atom is 0.185 e. The van der Waals surface area contributed by atoms with Crippen LogP contribution in [0.2, 0.25) is 5.02 Å². The number of nitrogens with zero attached hydrogens (tertiary/aromatic N) is 1. The van der Waals surface area contributed by atoms with Crippen LogP contribution in [0.3, 0.4) is 0 Å². The molecule has 0 aliphatic heterocycles. The maximum absolute atomic E-state index is 12.4. The second-order valence-corrected chi connectivity index (χ2v) is 5.25. The van der Waals surface area contributed by atoms with Crippen LogP contribution in [-0.4, -0.2) is 5.78 Å². The van der Waals surface area contributed by atoms with Gasteiger partial charge in [0.2, 0.25) is 0 Å². The van der Waals surface area contributed by atoms with Gasteiger partial charge in [-0.1, -0.05) is 57.9 Å². The van der Waals surface area contributed by atoms with Crippen LogP contribution in [0.5, 0.6) is 0 Å². The third-order valence-corrected chi connectivity index (χ3v) is 3.64. The lowest BCUT2D eigenvalue weighted by Crippen LogP contribution is -2.11. The fourth-order valence-electron chi connectivity index (χ4n) is 1.79. The van der Waals surface area contributed by atoms with Crippen molar-refractivity contribution in [1.82, 2.24) is 0 Å². The van der Waals surface area contributed by atoms with Crippen molar-refractivity contribution < 1.29 is 4.79 Å². The maximum atomic E-state index is 12.4. The largest absolute Gasteiger partial charge is 0.292 e. The molecule has 2 aromatic carbocycles. The van der Waals surface area contributed by atoms with Gasteiger partial charge in [0.1, 0.15) is 5.92 Å². The van der Waals surface area contributed by atoms with E-state index in [0.717, 1.165) is 0 Å². The number of hydrogen-bond acceptors (Lipinski definition) is 2. The van der Waals surface area contributed by atoms with E-state index in [1.54, 1.807) is 42.5 Å². The van der Waals surface area contributed by atoms with Gasteiger partial charge in [0.15, 0.2) is 5.78 Å². The van der Waals surface area contributed by atoms with Crippen molar-refractivity contribution in [3.63, 3.8) is 0 Å². The van der Waals surface area contributed by atoms with Gasteiger partial charge >= 0.3 is 0 Å². The van der Waals surface area contributed by atoms with E-state index in [2.05, 4.69) is 15.9 Å². The molecular weight excluding hydrogens is 326 g/mol. The SMILES string of the molecule is N#CC(C(=O)c1ccccc1Br)c1cccc(Cl)c1. The van der Waals surface area contributed by atoms with Crippen molar-refractivity contribution in [3.05, 3.63) is 69.2 Å². The van der Waals surface area contributed by atoms with E-state index < -0.39 is 5.92 Å². The summed E-state index contributed by atoms with van der Waals surface area (Å²) in [6.45, 7) is 0. The van der Waals surface area contributed by atoms with Crippen LogP contribution in [0, 0.1) is 11.3 Å². The topological polar surface area (TPSA) is 40.9 Å². The number of halogens is 2. The van der Waals surface area contributed by atoms with E-state index in [-0.39, 0.29) is 5.78 Å². The van der Waals surface area contributed by atoms with E-state index in [9.17, 15) is 10.1 Å². The molecular formula is C15H9BrClNO. The van der Waals surface area contributed by atoms with E-state index >= 15 is 0 Å². The Morgan fingerprint density at radius 1 is 1.21 bits per heavy atom. The lowest BCUT2D eigenvalue weighted by molar-refractivity contribution is 0.0978. The lowest BCUT2D eigenvalue weighted by Gasteiger charge is -2.10. The second kappa shape index (κ2) is 6.01. The first-order valence-corrected chi connectivity index (χ1v) is 6.74. The highest BCUT2D eigenvalue weighted by atomic mass is 79.9. The molecule has 1 atom stereocenters. The number of benzene rings is 2. The van der Waals surface area contributed by atoms with Crippen molar-refractivity contribution in [1.29, 1.82) is 5.26 Å². The smallest absolute Gasteiger partial charge is 0.185 e. The molecule has 4 heteroatoms. The summed E-state index contributed by atoms with van der Waals surface area (Å²) in [4.78, 5) is 12.4. The van der Waals surface area contributed by atoms with Crippen LogP contribution in [0.4, 0.5) is 0 Å². The number of Topliss-reactive ketones (excluding diaryl/α,β-unsaturated/α-hetero) is 1. The molecule has 0 spiro atoms. The van der Waals surface area contributed by atoms with Gasteiger partial charge in [0.05, 0.1) is 6.07 Å². The second-order valence-electron chi connectivity index (χ2n) is 3.96. The zero-order chi connectivity index (χ0) is 13.8. The van der Waals surface area contributed by atoms with Crippen LogP contribution < -0.4 is 0 Å². The summed E-state index contributed by atoms with van der Waals surface area (Å²) in [6.07, 6.45) is 0. The van der Waals surface area contributed by atoms with Crippen LogP contribution in [0.1, 0.15) is 21.8 Å². The van der Waals surface area contributed by atoms with Crippen molar-refractivity contribution in [2.45, 2.75) is 5.92 Å². The number of hydrogen-bond donors (Lipinski definition) is 0. The number of rotatable bonds is 3. The molecule has 2 rings (SSSR count). The van der Waals surface area contributed by atoms with Gasteiger partial charge in [-0.3, -0.25) is 4.79 Å². The van der Waals surface area contributed by atoms with Crippen molar-refractivity contribution in [2.75, 3.05) is 0 Å². The summed E-state index contributed by atoms with van der Waals surface area (Å²) in [5.41, 5.74) is 1.10. The first-order valence-electron chi connectivity index (χ1n) is 5.57. The van der Waals surface area contributed by atoms with Gasteiger partial charge in [-0.15, -0.1) is 0 Å². The molecule has 1 unspecified atom stereocenters. The van der Waals surface area contributed by atoms with Crippen molar-refractivity contribution in [2.24, 2.45) is 0 Å². The molecule has 0 aromatic heterocycles. The van der Waals surface area contributed by atoms with Gasteiger partial charge in [-0.05, 0) is 23.8 Å². The summed E-state index contributed by atoms with van der Waals surface area (Å²) in [5.74, 6) is -1.09. The molecule has 0 heterocycles. The summed E-state index contributed by atoms with van der Waals surface area (Å²) in [5, 5.41) is 9.78. The predicted octanol–water partition coefficient (Wildman–Crippen LogP) is 4.59. The average molecular weight is 335 g/mol. The fraction of sp³-hybridized carbons (Fsp3) is 0.0667. The summed E-state index contributed by atoms with van der Waals surface area (Å²) in [6, 6.07) is 15.9. The van der Waals surface area contributed by atoms with E-state index in [1.807, 2.05) is 12.1 Å². The molecule has 0 saturated carbocycles. The molecule has 2 nitrogen and oxygen atoms in total. The Balaban J connectivity index is 2.42. The molecule has 0 saturated heterocycles. The summed E-state index contributed by atoms with van der Waals surface area (Å²) in [7, 11) is 0. The minimum absolute atomic E-state index is 0.239. The average Bonchev–Trinajstić information content (AvgIpc) is 2.40. The molecule has 0 aliphatic carbocycles. The molecule has 19 heavy (non-hydrogen) atoms. The Morgan fingerprint density at radius 2 is 1.95 bits per heavy atom. The highest BCUT2D eigenvalue weighted by molar-refractivity contribution is 9.10. The minimum atomic E-state index is -0.850. The number of carbonyl (C=O) groups is 1. The first-order chi connectivity index (χ1) is 9.13. The van der Waals surface area contributed by atoms with E-state index in [1.165, 1.54) is 0 Å².